The first-order chi connectivity index (χ1) is 13.2. The van der Waals surface area contributed by atoms with Gasteiger partial charge in [-0.1, -0.05) is 18.5 Å². The molecule has 0 bridgehead atoms. The van der Waals surface area contributed by atoms with Crippen LogP contribution in [0.25, 0.3) is 11.5 Å². The number of hydrogen-bond donors (Lipinski definition) is 1. The number of carbonyl (C=O) groups excluding carboxylic acids is 1. The summed E-state index contributed by atoms with van der Waals surface area (Å²) in [7, 11) is 0. The van der Waals surface area contributed by atoms with Crippen LogP contribution in [0, 0.1) is 0 Å². The zero-order chi connectivity index (χ0) is 19.1. The van der Waals surface area contributed by atoms with E-state index in [1.54, 1.807) is 24.3 Å². The van der Waals surface area contributed by atoms with E-state index in [2.05, 4.69) is 22.4 Å². The summed E-state index contributed by atoms with van der Waals surface area (Å²) in [5.41, 5.74) is 1.44. The van der Waals surface area contributed by atoms with Gasteiger partial charge in [0.1, 0.15) is 5.75 Å². The first kappa shape index (κ1) is 18.7. The highest BCUT2D eigenvalue weighted by Crippen LogP contribution is 2.17. The Hall–Kier alpha value is -3.09. The third kappa shape index (κ3) is 4.75. The molecule has 0 aliphatic rings. The molecule has 1 N–H and O–H groups in total. The molecule has 0 atom stereocenters. The summed E-state index contributed by atoms with van der Waals surface area (Å²) < 4.78 is 12.9. The van der Waals surface area contributed by atoms with Crippen LogP contribution in [-0.2, 0) is 13.1 Å². The van der Waals surface area contributed by atoms with Gasteiger partial charge in [0, 0.05) is 18.3 Å². The number of aryl methyl sites for hydroxylation is 1. The predicted molar refractivity (Wildman–Crippen MR) is 101 cm³/mol. The molecule has 7 heteroatoms. The molecule has 0 aliphatic carbocycles. The minimum atomic E-state index is -0.202. The number of carbonyl (C=O) groups is 1. The van der Waals surface area contributed by atoms with Crippen LogP contribution in [0.4, 0.5) is 0 Å². The van der Waals surface area contributed by atoms with Gasteiger partial charge in [0.25, 0.3) is 5.91 Å². The summed E-state index contributed by atoms with van der Waals surface area (Å²) in [6.45, 7) is 5.84. The zero-order valence-corrected chi connectivity index (χ0v) is 15.6. The van der Waals surface area contributed by atoms with Gasteiger partial charge >= 0.3 is 0 Å². The molecule has 0 saturated carbocycles. The SMILES string of the molecule is CCCCOc1ccc(C(=O)NCc2nc(-c3cccn3CC)no2)cc1. The van der Waals surface area contributed by atoms with Crippen LogP contribution in [0.1, 0.15) is 42.9 Å². The van der Waals surface area contributed by atoms with Crippen molar-refractivity contribution in [2.45, 2.75) is 39.8 Å². The van der Waals surface area contributed by atoms with E-state index in [1.165, 1.54) is 0 Å². The van der Waals surface area contributed by atoms with E-state index in [4.69, 9.17) is 9.26 Å². The number of ether oxygens (including phenoxy) is 1. The molecule has 0 spiro atoms. The number of hydrogen-bond acceptors (Lipinski definition) is 5. The van der Waals surface area contributed by atoms with Gasteiger partial charge in [0.05, 0.1) is 18.8 Å². The maximum Gasteiger partial charge on any atom is 0.251 e. The van der Waals surface area contributed by atoms with Crippen LogP contribution >= 0.6 is 0 Å². The monoisotopic (exact) mass is 368 g/mol. The number of unbranched alkanes of at least 4 members (excludes halogenated alkanes) is 1. The highest BCUT2D eigenvalue weighted by molar-refractivity contribution is 5.94. The summed E-state index contributed by atoms with van der Waals surface area (Å²) in [6.07, 6.45) is 4.06. The van der Waals surface area contributed by atoms with Crippen molar-refractivity contribution in [2.75, 3.05) is 6.61 Å². The first-order valence-corrected chi connectivity index (χ1v) is 9.20. The van der Waals surface area contributed by atoms with Gasteiger partial charge in [-0.25, -0.2) is 0 Å². The summed E-state index contributed by atoms with van der Waals surface area (Å²) in [4.78, 5) is 16.6. The van der Waals surface area contributed by atoms with Gasteiger partial charge in [-0.05, 0) is 49.7 Å². The molecular formula is C20H24N4O3. The molecule has 142 valence electrons. The van der Waals surface area contributed by atoms with Gasteiger partial charge in [0.15, 0.2) is 0 Å². The smallest absolute Gasteiger partial charge is 0.251 e. The van der Waals surface area contributed by atoms with Crippen molar-refractivity contribution in [3.05, 3.63) is 54.0 Å². The molecule has 0 unspecified atom stereocenters. The Bertz CT molecular complexity index is 867. The lowest BCUT2D eigenvalue weighted by Crippen LogP contribution is -2.22. The van der Waals surface area contributed by atoms with Crippen molar-refractivity contribution in [1.29, 1.82) is 0 Å². The van der Waals surface area contributed by atoms with E-state index < -0.39 is 0 Å². The van der Waals surface area contributed by atoms with Crippen LogP contribution in [0.15, 0.2) is 47.1 Å². The number of benzene rings is 1. The third-order valence-electron chi connectivity index (χ3n) is 4.15. The van der Waals surface area contributed by atoms with E-state index in [-0.39, 0.29) is 12.5 Å². The second-order valence-electron chi connectivity index (χ2n) is 6.10. The van der Waals surface area contributed by atoms with Crippen molar-refractivity contribution in [1.82, 2.24) is 20.0 Å². The van der Waals surface area contributed by atoms with Crippen molar-refractivity contribution < 1.29 is 14.1 Å². The maximum atomic E-state index is 12.3. The van der Waals surface area contributed by atoms with E-state index in [0.29, 0.717) is 23.9 Å². The Morgan fingerprint density at radius 2 is 2.04 bits per heavy atom. The highest BCUT2D eigenvalue weighted by atomic mass is 16.5. The number of nitrogens with one attached hydrogen (secondary N) is 1. The molecule has 3 rings (SSSR count). The highest BCUT2D eigenvalue weighted by Gasteiger charge is 2.13. The van der Waals surface area contributed by atoms with E-state index in [9.17, 15) is 4.79 Å². The Kier molecular flexibility index (Phi) is 6.25. The largest absolute Gasteiger partial charge is 0.494 e. The Morgan fingerprint density at radius 3 is 2.78 bits per heavy atom. The normalized spacial score (nSPS) is 10.7. The molecule has 3 aromatic rings. The van der Waals surface area contributed by atoms with E-state index in [0.717, 1.165) is 30.8 Å². The summed E-state index contributed by atoms with van der Waals surface area (Å²) in [5.74, 6) is 1.44. The summed E-state index contributed by atoms with van der Waals surface area (Å²) >= 11 is 0. The number of amides is 1. The number of aromatic nitrogens is 3. The van der Waals surface area contributed by atoms with Crippen LogP contribution in [0.3, 0.4) is 0 Å². The standard InChI is InChI=1S/C20H24N4O3/c1-3-5-13-26-16-10-8-15(9-11-16)20(25)21-14-18-22-19(23-27-18)17-7-6-12-24(17)4-2/h6-12H,3-5,13-14H2,1-2H3,(H,21,25). The average Bonchev–Trinajstić information content (AvgIpc) is 3.35. The van der Waals surface area contributed by atoms with E-state index in [1.807, 2.05) is 29.8 Å². The van der Waals surface area contributed by atoms with Gasteiger partial charge in [-0.15, -0.1) is 0 Å². The quantitative estimate of drug-likeness (QED) is 0.583. The lowest BCUT2D eigenvalue weighted by molar-refractivity contribution is 0.0946. The summed E-state index contributed by atoms with van der Waals surface area (Å²) in [6, 6.07) is 10.9. The molecule has 0 fully saturated rings. The Labute approximate surface area is 158 Å². The van der Waals surface area contributed by atoms with Crippen molar-refractivity contribution in [2.24, 2.45) is 0 Å². The number of rotatable bonds is 9. The van der Waals surface area contributed by atoms with Crippen molar-refractivity contribution >= 4 is 5.91 Å². The Morgan fingerprint density at radius 1 is 1.22 bits per heavy atom. The van der Waals surface area contributed by atoms with Crippen LogP contribution in [-0.4, -0.2) is 27.2 Å². The second-order valence-corrected chi connectivity index (χ2v) is 6.10. The van der Waals surface area contributed by atoms with Gasteiger partial charge in [0.2, 0.25) is 11.7 Å². The molecule has 0 radical (unpaired) electrons. The van der Waals surface area contributed by atoms with E-state index >= 15 is 0 Å². The van der Waals surface area contributed by atoms with Crippen LogP contribution in [0.2, 0.25) is 0 Å². The molecule has 0 saturated heterocycles. The second kappa shape index (κ2) is 9.02. The fourth-order valence-electron chi connectivity index (χ4n) is 2.62. The molecule has 2 heterocycles. The third-order valence-corrected chi connectivity index (χ3v) is 4.15. The molecule has 2 aromatic heterocycles. The van der Waals surface area contributed by atoms with Crippen LogP contribution < -0.4 is 10.1 Å². The van der Waals surface area contributed by atoms with Gasteiger partial charge in [-0.3, -0.25) is 4.79 Å². The molecule has 1 aromatic carbocycles. The average molecular weight is 368 g/mol. The lowest BCUT2D eigenvalue weighted by atomic mass is 10.2. The fraction of sp³-hybridized carbons (Fsp3) is 0.350. The lowest BCUT2D eigenvalue weighted by Gasteiger charge is -2.06. The first-order valence-electron chi connectivity index (χ1n) is 9.20. The van der Waals surface area contributed by atoms with Crippen molar-refractivity contribution in [3.63, 3.8) is 0 Å². The molecule has 1 amide bonds. The van der Waals surface area contributed by atoms with Gasteiger partial charge < -0.3 is 19.1 Å². The summed E-state index contributed by atoms with van der Waals surface area (Å²) in [5, 5.41) is 6.78. The number of nitrogens with zero attached hydrogens (tertiary/aromatic N) is 3. The fourth-order valence-corrected chi connectivity index (χ4v) is 2.62. The maximum absolute atomic E-state index is 12.3. The molecular weight excluding hydrogens is 344 g/mol. The minimum Gasteiger partial charge on any atom is -0.494 e. The minimum absolute atomic E-state index is 0.174. The zero-order valence-electron chi connectivity index (χ0n) is 15.6. The van der Waals surface area contributed by atoms with Crippen molar-refractivity contribution in [3.8, 4) is 17.3 Å². The Balaban J connectivity index is 1.55. The molecule has 0 aliphatic heterocycles. The van der Waals surface area contributed by atoms with Crippen LogP contribution in [0.5, 0.6) is 5.75 Å². The molecule has 7 nitrogen and oxygen atoms in total. The predicted octanol–water partition coefficient (Wildman–Crippen LogP) is 3.67. The topological polar surface area (TPSA) is 82.2 Å². The molecule has 27 heavy (non-hydrogen) atoms. The van der Waals surface area contributed by atoms with Gasteiger partial charge in [-0.2, -0.15) is 4.98 Å².